The normalized spacial score (nSPS) is 40.2. The molecular formula is C18H25NO5S. The molecule has 3 aliphatic rings. The van der Waals surface area contributed by atoms with E-state index in [0.29, 0.717) is 24.0 Å². The largest absolute Gasteiger partial charge is 0.508 e. The van der Waals surface area contributed by atoms with Gasteiger partial charge < -0.3 is 10.2 Å². The van der Waals surface area contributed by atoms with Crippen molar-refractivity contribution in [2.24, 2.45) is 22.4 Å². The number of aliphatic hydroxyl groups is 1. The van der Waals surface area contributed by atoms with Crippen LogP contribution in [-0.2, 0) is 20.9 Å². The zero-order chi connectivity index (χ0) is 18.0. The van der Waals surface area contributed by atoms with Crippen LogP contribution in [0.2, 0.25) is 0 Å². The van der Waals surface area contributed by atoms with Crippen molar-refractivity contribution in [3.63, 3.8) is 0 Å². The number of rotatable bonds is 2. The molecule has 0 radical (unpaired) electrons. The third-order valence-electron chi connectivity index (χ3n) is 6.88. The molecule has 4 rings (SSSR count). The van der Waals surface area contributed by atoms with Gasteiger partial charge in [-0.1, -0.05) is 13.0 Å². The Labute approximate surface area is 148 Å². The van der Waals surface area contributed by atoms with Gasteiger partial charge in [0.15, 0.2) is 0 Å². The van der Waals surface area contributed by atoms with E-state index in [1.807, 2.05) is 19.1 Å². The van der Waals surface area contributed by atoms with Gasteiger partial charge in [0.05, 0.1) is 6.10 Å². The molecule has 3 aliphatic carbocycles. The van der Waals surface area contributed by atoms with Gasteiger partial charge in [-0.2, -0.15) is 8.42 Å². The molecule has 4 N–H and O–H groups in total. The number of phenolic OH excluding ortho intramolecular Hbond substituents is 1. The molecule has 0 saturated heterocycles. The second-order valence-electron chi connectivity index (χ2n) is 8.16. The van der Waals surface area contributed by atoms with Crippen molar-refractivity contribution in [2.45, 2.75) is 57.2 Å². The highest BCUT2D eigenvalue weighted by atomic mass is 32.2. The van der Waals surface area contributed by atoms with Crippen molar-refractivity contribution in [1.82, 2.24) is 0 Å². The molecule has 6 nitrogen and oxygen atoms in total. The fraction of sp³-hybridized carbons (Fsp3) is 0.667. The van der Waals surface area contributed by atoms with Gasteiger partial charge in [-0.15, -0.1) is 0 Å². The summed E-state index contributed by atoms with van der Waals surface area (Å²) in [6.45, 7) is 2.03. The molecule has 138 valence electrons. The van der Waals surface area contributed by atoms with Crippen LogP contribution in [0, 0.1) is 17.3 Å². The van der Waals surface area contributed by atoms with Gasteiger partial charge in [-0.05, 0) is 73.1 Å². The van der Waals surface area contributed by atoms with E-state index in [0.717, 1.165) is 25.7 Å². The summed E-state index contributed by atoms with van der Waals surface area (Å²) in [6.07, 6.45) is 2.56. The summed E-state index contributed by atoms with van der Waals surface area (Å²) in [7, 11) is -4.10. The first-order valence-electron chi connectivity index (χ1n) is 8.90. The van der Waals surface area contributed by atoms with Crippen LogP contribution in [0.3, 0.4) is 0 Å². The van der Waals surface area contributed by atoms with Crippen molar-refractivity contribution < 1.29 is 22.8 Å². The van der Waals surface area contributed by atoms with Crippen LogP contribution in [0.5, 0.6) is 5.75 Å². The topological polar surface area (TPSA) is 110 Å². The average Bonchev–Trinajstić information content (AvgIpc) is 2.77. The summed E-state index contributed by atoms with van der Waals surface area (Å²) < 4.78 is 28.0. The Morgan fingerprint density at radius 1 is 1.32 bits per heavy atom. The number of hydrogen-bond acceptors (Lipinski definition) is 5. The molecule has 0 bridgehead atoms. The molecule has 0 aliphatic heterocycles. The molecule has 0 unspecified atom stereocenters. The molecule has 2 saturated carbocycles. The van der Waals surface area contributed by atoms with E-state index in [4.69, 9.17) is 9.32 Å². The van der Waals surface area contributed by atoms with Crippen molar-refractivity contribution in [1.29, 1.82) is 0 Å². The minimum Gasteiger partial charge on any atom is -0.508 e. The number of aliphatic hydroxyl groups excluding tert-OH is 1. The van der Waals surface area contributed by atoms with Crippen LogP contribution < -0.4 is 5.14 Å². The van der Waals surface area contributed by atoms with Gasteiger partial charge >= 0.3 is 10.3 Å². The second-order valence-corrected chi connectivity index (χ2v) is 9.33. The monoisotopic (exact) mass is 367 g/mol. The summed E-state index contributed by atoms with van der Waals surface area (Å²) in [4.78, 5) is 0. The Hall–Kier alpha value is -1.15. The summed E-state index contributed by atoms with van der Waals surface area (Å²) >= 11 is 0. The molecule has 7 heteroatoms. The minimum absolute atomic E-state index is 0.204. The highest BCUT2D eigenvalue weighted by molar-refractivity contribution is 7.84. The molecule has 0 aromatic heterocycles. The van der Waals surface area contributed by atoms with E-state index < -0.39 is 22.5 Å². The van der Waals surface area contributed by atoms with Crippen LogP contribution in [0.15, 0.2) is 18.2 Å². The Bertz CT molecular complexity index is 795. The maximum Gasteiger partial charge on any atom is 0.333 e. The molecule has 6 atom stereocenters. The van der Waals surface area contributed by atoms with Gasteiger partial charge in [-0.25, -0.2) is 5.14 Å². The Morgan fingerprint density at radius 2 is 2.08 bits per heavy atom. The summed E-state index contributed by atoms with van der Waals surface area (Å²) in [5.74, 6) is 1.29. The smallest absolute Gasteiger partial charge is 0.333 e. The zero-order valence-electron chi connectivity index (χ0n) is 14.3. The molecule has 0 spiro atoms. The van der Waals surface area contributed by atoms with Gasteiger partial charge in [0.1, 0.15) is 11.9 Å². The molecule has 1 aromatic rings. The van der Waals surface area contributed by atoms with Crippen LogP contribution in [0.1, 0.15) is 49.7 Å². The lowest BCUT2D eigenvalue weighted by Gasteiger charge is -2.50. The average molecular weight is 367 g/mol. The number of fused-ring (bicyclic) bond motifs is 5. The zero-order valence-corrected chi connectivity index (χ0v) is 15.1. The maximum atomic E-state index is 11.4. The fourth-order valence-electron chi connectivity index (χ4n) is 5.86. The number of benzene rings is 1. The third kappa shape index (κ3) is 2.77. The predicted octanol–water partition coefficient (Wildman–Crippen LogP) is 1.81. The molecule has 1 aromatic carbocycles. The molecule has 2 fully saturated rings. The fourth-order valence-corrected chi connectivity index (χ4v) is 6.49. The number of nitrogens with two attached hydrogens (primary N) is 1. The van der Waals surface area contributed by atoms with E-state index in [9.17, 15) is 18.6 Å². The number of phenols is 1. The van der Waals surface area contributed by atoms with Gasteiger partial charge in [0, 0.05) is 5.41 Å². The van der Waals surface area contributed by atoms with Crippen molar-refractivity contribution in [3.05, 3.63) is 29.3 Å². The summed E-state index contributed by atoms with van der Waals surface area (Å²) in [5.41, 5.74) is 2.11. The summed E-state index contributed by atoms with van der Waals surface area (Å²) in [6, 6.07) is 5.62. The van der Waals surface area contributed by atoms with E-state index in [-0.39, 0.29) is 11.3 Å². The number of hydrogen-bond donors (Lipinski definition) is 3. The van der Waals surface area contributed by atoms with E-state index in [2.05, 4.69) is 0 Å². The Morgan fingerprint density at radius 3 is 2.80 bits per heavy atom. The highest BCUT2D eigenvalue weighted by Crippen LogP contribution is 2.61. The number of aryl methyl sites for hydroxylation is 1. The minimum atomic E-state index is -4.10. The van der Waals surface area contributed by atoms with Gasteiger partial charge in [0.2, 0.25) is 0 Å². The SMILES string of the molecule is C[C@]12CC[C@@H]3c4ccc(O)cc4CC[C@H]3[C@@H]1C[C@@H](O)[C@@H]2OS(N)(=O)=O. The predicted molar refractivity (Wildman–Crippen MR) is 92.1 cm³/mol. The van der Waals surface area contributed by atoms with Gasteiger partial charge in [0.25, 0.3) is 0 Å². The van der Waals surface area contributed by atoms with E-state index in [1.165, 1.54) is 11.1 Å². The van der Waals surface area contributed by atoms with Crippen molar-refractivity contribution in [3.8, 4) is 5.75 Å². The third-order valence-corrected chi connectivity index (χ3v) is 7.36. The molecular weight excluding hydrogens is 342 g/mol. The van der Waals surface area contributed by atoms with Crippen LogP contribution in [0.25, 0.3) is 0 Å². The lowest BCUT2D eigenvalue weighted by atomic mass is 9.55. The summed E-state index contributed by atoms with van der Waals surface area (Å²) in [5, 5.41) is 25.3. The first-order chi connectivity index (χ1) is 11.7. The van der Waals surface area contributed by atoms with Crippen molar-refractivity contribution >= 4 is 10.3 Å². The first kappa shape index (κ1) is 17.3. The Balaban J connectivity index is 1.66. The van der Waals surface area contributed by atoms with Crippen LogP contribution >= 0.6 is 0 Å². The number of aromatic hydroxyl groups is 1. The van der Waals surface area contributed by atoms with Crippen molar-refractivity contribution in [2.75, 3.05) is 0 Å². The maximum absolute atomic E-state index is 11.4. The standard InChI is InChI=1S/C18H25NO5S/c1-18-7-6-13-12-5-3-11(20)8-10(12)2-4-14(13)15(18)9-16(21)17(18)24-25(19,22)23/h3,5,8,13-17,20-21H,2,4,6-7,9H2,1H3,(H2,19,22,23)/t13-,14-,15+,16-,17+,18+/m1/s1. The second kappa shape index (κ2) is 5.67. The van der Waals surface area contributed by atoms with Gasteiger partial charge in [-0.3, -0.25) is 4.18 Å². The van der Waals surface area contributed by atoms with Crippen LogP contribution in [-0.4, -0.2) is 30.8 Å². The first-order valence-corrected chi connectivity index (χ1v) is 10.4. The lowest BCUT2D eigenvalue weighted by molar-refractivity contribution is -0.0324. The van der Waals surface area contributed by atoms with Crippen LogP contribution in [0.4, 0.5) is 0 Å². The molecule has 0 amide bonds. The van der Waals surface area contributed by atoms with E-state index >= 15 is 0 Å². The molecule has 25 heavy (non-hydrogen) atoms. The quantitative estimate of drug-likeness (QED) is 0.738. The molecule has 0 heterocycles. The Kier molecular flexibility index (Phi) is 3.92. The van der Waals surface area contributed by atoms with E-state index in [1.54, 1.807) is 6.07 Å². The highest BCUT2D eigenvalue weighted by Gasteiger charge is 2.59. The lowest BCUT2D eigenvalue weighted by Crippen LogP contribution is -2.47.